The van der Waals surface area contributed by atoms with Crippen molar-refractivity contribution in [1.82, 2.24) is 0 Å². The van der Waals surface area contributed by atoms with E-state index in [1.165, 1.54) is 11.1 Å². The Hall–Kier alpha value is -0.560. The molecular formula is C10H16O. The van der Waals surface area contributed by atoms with Crippen LogP contribution in [0.5, 0.6) is 0 Å². The van der Waals surface area contributed by atoms with Crippen LogP contribution in [0.2, 0.25) is 0 Å². The molecule has 0 amide bonds. The van der Waals surface area contributed by atoms with Gasteiger partial charge in [-0.1, -0.05) is 19.6 Å². The molecule has 1 nitrogen and oxygen atoms in total. The Kier molecular flexibility index (Phi) is 2.50. The second-order valence-electron chi connectivity index (χ2n) is 3.22. The van der Waals surface area contributed by atoms with Gasteiger partial charge in [0.1, 0.15) is 0 Å². The summed E-state index contributed by atoms with van der Waals surface area (Å²) >= 11 is 0. The standard InChI is InChI=1S/C10H16O/c1-5-7(2)10-6-11-9(4)8(10)3/h5,8-9H,1,6H2,2-4H3/b10-7-. The van der Waals surface area contributed by atoms with E-state index in [9.17, 15) is 0 Å². The van der Waals surface area contributed by atoms with Crippen molar-refractivity contribution in [3.05, 3.63) is 23.8 Å². The third kappa shape index (κ3) is 1.54. The summed E-state index contributed by atoms with van der Waals surface area (Å²) in [4.78, 5) is 0. The minimum atomic E-state index is 0.375. The van der Waals surface area contributed by atoms with Gasteiger partial charge in [0.2, 0.25) is 0 Å². The molecule has 11 heavy (non-hydrogen) atoms. The molecule has 1 heterocycles. The quantitative estimate of drug-likeness (QED) is 0.561. The molecule has 0 aromatic heterocycles. The molecule has 0 spiro atoms. The van der Waals surface area contributed by atoms with Crippen LogP contribution in [0.3, 0.4) is 0 Å². The third-order valence-corrected chi connectivity index (χ3v) is 2.57. The van der Waals surface area contributed by atoms with Crippen LogP contribution in [0.15, 0.2) is 23.8 Å². The average Bonchev–Trinajstić information content (AvgIpc) is 2.32. The van der Waals surface area contributed by atoms with E-state index in [2.05, 4.69) is 27.4 Å². The molecular weight excluding hydrogens is 136 g/mol. The number of rotatable bonds is 1. The van der Waals surface area contributed by atoms with Gasteiger partial charge in [0, 0.05) is 5.92 Å². The first-order valence-electron chi connectivity index (χ1n) is 4.10. The zero-order valence-corrected chi connectivity index (χ0v) is 7.55. The van der Waals surface area contributed by atoms with Crippen molar-refractivity contribution in [2.45, 2.75) is 26.9 Å². The van der Waals surface area contributed by atoms with Crippen molar-refractivity contribution in [3.8, 4) is 0 Å². The van der Waals surface area contributed by atoms with Crippen LogP contribution in [0.25, 0.3) is 0 Å². The van der Waals surface area contributed by atoms with Crippen molar-refractivity contribution in [1.29, 1.82) is 0 Å². The van der Waals surface area contributed by atoms with Gasteiger partial charge >= 0.3 is 0 Å². The van der Waals surface area contributed by atoms with Crippen LogP contribution in [-0.4, -0.2) is 12.7 Å². The Morgan fingerprint density at radius 2 is 2.27 bits per heavy atom. The summed E-state index contributed by atoms with van der Waals surface area (Å²) < 4.78 is 5.50. The first-order chi connectivity index (χ1) is 5.16. The van der Waals surface area contributed by atoms with Gasteiger partial charge in [0.05, 0.1) is 12.7 Å². The van der Waals surface area contributed by atoms with Crippen LogP contribution in [0.4, 0.5) is 0 Å². The fourth-order valence-corrected chi connectivity index (χ4v) is 1.38. The van der Waals surface area contributed by atoms with Gasteiger partial charge in [0.15, 0.2) is 0 Å². The van der Waals surface area contributed by atoms with Crippen molar-refractivity contribution in [2.24, 2.45) is 5.92 Å². The highest BCUT2D eigenvalue weighted by Crippen LogP contribution is 2.28. The predicted molar refractivity (Wildman–Crippen MR) is 47.5 cm³/mol. The number of hydrogen-bond donors (Lipinski definition) is 0. The van der Waals surface area contributed by atoms with Crippen LogP contribution in [0, 0.1) is 5.92 Å². The highest BCUT2D eigenvalue weighted by atomic mass is 16.5. The maximum Gasteiger partial charge on any atom is 0.0689 e. The lowest BCUT2D eigenvalue weighted by Gasteiger charge is -2.08. The van der Waals surface area contributed by atoms with E-state index in [0.29, 0.717) is 12.0 Å². The largest absolute Gasteiger partial charge is 0.374 e. The van der Waals surface area contributed by atoms with Gasteiger partial charge in [0.25, 0.3) is 0 Å². The summed E-state index contributed by atoms with van der Waals surface area (Å²) in [6, 6.07) is 0. The maximum absolute atomic E-state index is 5.50. The summed E-state index contributed by atoms with van der Waals surface area (Å²) in [5.74, 6) is 0.563. The van der Waals surface area contributed by atoms with Gasteiger partial charge < -0.3 is 4.74 Å². The second-order valence-corrected chi connectivity index (χ2v) is 3.22. The topological polar surface area (TPSA) is 9.23 Å². The van der Waals surface area contributed by atoms with Crippen molar-refractivity contribution in [2.75, 3.05) is 6.61 Å². The highest BCUT2D eigenvalue weighted by Gasteiger charge is 2.25. The molecule has 0 bridgehead atoms. The molecule has 0 N–H and O–H groups in total. The molecule has 0 saturated carbocycles. The van der Waals surface area contributed by atoms with Crippen molar-refractivity contribution in [3.63, 3.8) is 0 Å². The number of ether oxygens (including phenoxy) is 1. The summed E-state index contributed by atoms with van der Waals surface area (Å²) in [6.45, 7) is 11.0. The number of hydrogen-bond acceptors (Lipinski definition) is 1. The van der Waals surface area contributed by atoms with Gasteiger partial charge in [-0.3, -0.25) is 0 Å². The molecule has 1 rings (SSSR count). The van der Waals surface area contributed by atoms with E-state index in [-0.39, 0.29) is 0 Å². The summed E-state index contributed by atoms with van der Waals surface area (Å²) in [5.41, 5.74) is 2.69. The normalized spacial score (nSPS) is 35.5. The molecule has 2 unspecified atom stereocenters. The monoisotopic (exact) mass is 152 g/mol. The zero-order chi connectivity index (χ0) is 8.43. The smallest absolute Gasteiger partial charge is 0.0689 e. The van der Waals surface area contributed by atoms with E-state index in [1.54, 1.807) is 0 Å². The Labute approximate surface area is 68.8 Å². The fraction of sp³-hybridized carbons (Fsp3) is 0.600. The molecule has 1 saturated heterocycles. The zero-order valence-electron chi connectivity index (χ0n) is 7.55. The minimum Gasteiger partial charge on any atom is -0.374 e. The molecule has 0 aliphatic carbocycles. The second kappa shape index (κ2) is 3.22. The van der Waals surface area contributed by atoms with E-state index in [4.69, 9.17) is 4.74 Å². The van der Waals surface area contributed by atoms with E-state index >= 15 is 0 Å². The van der Waals surface area contributed by atoms with Gasteiger partial charge in [-0.2, -0.15) is 0 Å². The Bertz CT molecular complexity index is 191. The first-order valence-corrected chi connectivity index (χ1v) is 4.10. The molecule has 1 aliphatic rings. The molecule has 0 radical (unpaired) electrons. The molecule has 1 fully saturated rings. The summed E-state index contributed by atoms with van der Waals surface area (Å²) in [5, 5.41) is 0. The lowest BCUT2D eigenvalue weighted by Crippen LogP contribution is -2.08. The van der Waals surface area contributed by atoms with Crippen LogP contribution >= 0.6 is 0 Å². The lowest BCUT2D eigenvalue weighted by atomic mass is 9.96. The van der Waals surface area contributed by atoms with E-state index in [1.807, 2.05) is 6.08 Å². The van der Waals surface area contributed by atoms with Crippen molar-refractivity contribution >= 4 is 0 Å². The van der Waals surface area contributed by atoms with E-state index in [0.717, 1.165) is 6.61 Å². The van der Waals surface area contributed by atoms with Gasteiger partial charge in [-0.15, -0.1) is 0 Å². The van der Waals surface area contributed by atoms with Gasteiger partial charge in [-0.05, 0) is 25.0 Å². The third-order valence-electron chi connectivity index (χ3n) is 2.57. The molecule has 1 aliphatic heterocycles. The molecule has 2 atom stereocenters. The van der Waals surface area contributed by atoms with E-state index < -0.39 is 0 Å². The molecule has 62 valence electrons. The Balaban J connectivity index is 2.83. The molecule has 0 aromatic rings. The highest BCUT2D eigenvalue weighted by molar-refractivity contribution is 5.26. The Morgan fingerprint density at radius 1 is 1.64 bits per heavy atom. The maximum atomic E-state index is 5.50. The summed E-state index contributed by atoms with van der Waals surface area (Å²) in [6.07, 6.45) is 2.28. The van der Waals surface area contributed by atoms with Crippen molar-refractivity contribution < 1.29 is 4.74 Å². The molecule has 0 aromatic carbocycles. The predicted octanol–water partition coefficient (Wildman–Crippen LogP) is 2.54. The molecule has 1 heteroatoms. The van der Waals surface area contributed by atoms with Crippen LogP contribution in [0.1, 0.15) is 20.8 Å². The SMILES string of the molecule is C=C/C(C)=C1/COC(C)C1C. The lowest BCUT2D eigenvalue weighted by molar-refractivity contribution is 0.110. The van der Waals surface area contributed by atoms with Gasteiger partial charge in [-0.25, -0.2) is 0 Å². The van der Waals surface area contributed by atoms with Crippen LogP contribution in [-0.2, 0) is 4.74 Å². The minimum absolute atomic E-state index is 0.375. The Morgan fingerprint density at radius 3 is 2.64 bits per heavy atom. The number of allylic oxidation sites excluding steroid dienone is 2. The summed E-state index contributed by atoms with van der Waals surface area (Å²) in [7, 11) is 0. The fourth-order valence-electron chi connectivity index (χ4n) is 1.38. The van der Waals surface area contributed by atoms with Crippen LogP contribution < -0.4 is 0 Å². The first kappa shape index (κ1) is 8.54. The average molecular weight is 152 g/mol.